The zero-order valence-corrected chi connectivity index (χ0v) is 15.0. The minimum absolute atomic E-state index is 0.340. The maximum Gasteiger partial charge on any atom is 0.317 e. The van der Waals surface area contributed by atoms with E-state index in [1.807, 2.05) is 26.0 Å². The Morgan fingerprint density at radius 1 is 0.818 bits per heavy atom. The molecule has 0 unspecified atom stereocenters. The van der Waals surface area contributed by atoms with E-state index in [1.165, 1.54) is 0 Å². The third-order valence-corrected chi connectivity index (χ3v) is 4.60. The molecule has 2 aromatic carbocycles. The Labute approximate surface area is 139 Å². The van der Waals surface area contributed by atoms with Crippen LogP contribution >= 0.6 is 21.4 Å². The van der Waals surface area contributed by atoms with E-state index in [0.717, 1.165) is 11.1 Å². The SMILES string of the molecule is Cc1ccc(S(=O)(=O)c2ccccc2)c(C)c1.O=S(=O)(Cl)Cl. The fraction of sp³-hybridized carbons (Fsp3) is 0.143. The molecule has 0 aliphatic heterocycles. The minimum atomic E-state index is -3.72. The van der Waals surface area contributed by atoms with E-state index in [-0.39, 0.29) is 0 Å². The summed E-state index contributed by atoms with van der Waals surface area (Å²) in [4.78, 5) is 0.723. The molecule has 0 aliphatic carbocycles. The van der Waals surface area contributed by atoms with Crippen LogP contribution in [0.5, 0.6) is 0 Å². The summed E-state index contributed by atoms with van der Waals surface area (Å²) in [5.74, 6) is 0. The van der Waals surface area contributed by atoms with Crippen LogP contribution in [0.2, 0.25) is 0 Å². The van der Waals surface area contributed by atoms with Crippen molar-refractivity contribution in [1.82, 2.24) is 0 Å². The molecule has 0 saturated carbocycles. The molecule has 0 saturated heterocycles. The maximum atomic E-state index is 12.4. The van der Waals surface area contributed by atoms with Crippen molar-refractivity contribution in [2.45, 2.75) is 23.6 Å². The maximum absolute atomic E-state index is 12.4. The lowest BCUT2D eigenvalue weighted by Gasteiger charge is -2.08. The average Bonchev–Trinajstić information content (AvgIpc) is 2.37. The van der Waals surface area contributed by atoms with Gasteiger partial charge in [0.15, 0.2) is 0 Å². The van der Waals surface area contributed by atoms with Crippen molar-refractivity contribution in [1.29, 1.82) is 0 Å². The van der Waals surface area contributed by atoms with Crippen LogP contribution in [0.3, 0.4) is 0 Å². The molecule has 0 aliphatic rings. The Morgan fingerprint density at radius 3 is 1.77 bits per heavy atom. The monoisotopic (exact) mass is 380 g/mol. The average molecular weight is 381 g/mol. The lowest BCUT2D eigenvalue weighted by atomic mass is 10.2. The van der Waals surface area contributed by atoms with E-state index in [4.69, 9.17) is 8.42 Å². The van der Waals surface area contributed by atoms with Crippen LogP contribution < -0.4 is 0 Å². The molecule has 0 radical (unpaired) electrons. The third-order valence-electron chi connectivity index (χ3n) is 2.67. The van der Waals surface area contributed by atoms with E-state index >= 15 is 0 Å². The fourth-order valence-electron chi connectivity index (χ4n) is 1.83. The van der Waals surface area contributed by atoms with E-state index in [2.05, 4.69) is 21.4 Å². The molecule has 120 valence electrons. The summed E-state index contributed by atoms with van der Waals surface area (Å²) in [7, 11) is 1.43. The standard InChI is InChI=1S/C14H14O2S.Cl2O2S/c1-11-8-9-14(12(2)10-11)17(15,16)13-6-4-3-5-7-13;1-5(2,3)4/h3-10H,1-2H3;. The number of aryl methyl sites for hydroxylation is 2. The Bertz CT molecular complexity index is 838. The minimum Gasteiger partial charge on any atom is -0.219 e. The molecule has 2 rings (SSSR count). The second-order valence-electron chi connectivity index (χ2n) is 4.46. The molecule has 4 nitrogen and oxygen atoms in total. The van der Waals surface area contributed by atoms with E-state index < -0.39 is 18.1 Å². The summed E-state index contributed by atoms with van der Waals surface area (Å²) in [5, 5.41) is 0. The molecular weight excluding hydrogens is 367 g/mol. The Kier molecular flexibility index (Phi) is 6.43. The molecule has 0 fully saturated rings. The van der Waals surface area contributed by atoms with Gasteiger partial charge in [0.25, 0.3) is 0 Å². The van der Waals surface area contributed by atoms with Crippen LogP contribution in [0.25, 0.3) is 0 Å². The molecule has 2 aromatic rings. The Morgan fingerprint density at radius 2 is 1.32 bits per heavy atom. The molecule has 22 heavy (non-hydrogen) atoms. The van der Waals surface area contributed by atoms with Crippen molar-refractivity contribution < 1.29 is 16.8 Å². The number of sulfone groups is 1. The second-order valence-corrected chi connectivity index (χ2v) is 10.1. The van der Waals surface area contributed by atoms with Gasteiger partial charge in [0.05, 0.1) is 9.79 Å². The zero-order valence-electron chi connectivity index (χ0n) is 11.8. The van der Waals surface area contributed by atoms with E-state index in [9.17, 15) is 8.42 Å². The molecule has 0 amide bonds. The first kappa shape index (κ1) is 19.0. The molecule has 0 bridgehead atoms. The lowest BCUT2D eigenvalue weighted by Crippen LogP contribution is -2.04. The molecule has 0 N–H and O–H groups in total. The molecule has 0 aromatic heterocycles. The zero-order chi connectivity index (χ0) is 17.0. The van der Waals surface area contributed by atoms with Crippen LogP contribution in [0.15, 0.2) is 58.3 Å². The number of benzene rings is 2. The normalized spacial score (nSPS) is 11.5. The highest BCUT2D eigenvalue weighted by atomic mass is 36.0. The van der Waals surface area contributed by atoms with Crippen LogP contribution in [0, 0.1) is 13.8 Å². The number of halogens is 2. The second kappa shape index (κ2) is 7.46. The van der Waals surface area contributed by atoms with Gasteiger partial charge in [0.2, 0.25) is 9.84 Å². The van der Waals surface area contributed by atoms with Crippen molar-refractivity contribution in [2.75, 3.05) is 0 Å². The Hall–Kier alpha value is -1.08. The van der Waals surface area contributed by atoms with Gasteiger partial charge in [-0.1, -0.05) is 35.9 Å². The van der Waals surface area contributed by atoms with Crippen LogP contribution in [0.1, 0.15) is 11.1 Å². The van der Waals surface area contributed by atoms with Crippen molar-refractivity contribution in [2.24, 2.45) is 0 Å². The lowest BCUT2D eigenvalue weighted by molar-refractivity contribution is 0.595. The third kappa shape index (κ3) is 5.96. The highest BCUT2D eigenvalue weighted by Crippen LogP contribution is 2.24. The molecular formula is C14H14Cl2O4S2. The smallest absolute Gasteiger partial charge is 0.219 e. The first-order chi connectivity index (χ1) is 10.0. The van der Waals surface area contributed by atoms with Gasteiger partial charge in [0.1, 0.15) is 0 Å². The highest BCUT2D eigenvalue weighted by molar-refractivity contribution is 8.31. The van der Waals surface area contributed by atoms with Crippen LogP contribution in [-0.4, -0.2) is 16.8 Å². The highest BCUT2D eigenvalue weighted by Gasteiger charge is 2.18. The van der Waals surface area contributed by atoms with Gasteiger partial charge in [-0.25, -0.2) is 8.42 Å². The molecule has 0 atom stereocenters. The fourth-order valence-corrected chi connectivity index (χ4v) is 3.33. The molecule has 0 heterocycles. The first-order valence-electron chi connectivity index (χ1n) is 6.03. The van der Waals surface area contributed by atoms with Gasteiger partial charge < -0.3 is 0 Å². The summed E-state index contributed by atoms with van der Waals surface area (Å²) in [5.41, 5.74) is 1.85. The molecule has 8 heteroatoms. The van der Waals surface area contributed by atoms with Crippen LogP contribution in [-0.2, 0) is 18.1 Å². The van der Waals surface area contributed by atoms with Gasteiger partial charge in [-0.3, -0.25) is 0 Å². The predicted octanol–water partition coefficient (Wildman–Crippen LogP) is 3.85. The first-order valence-corrected chi connectivity index (χ1v) is 10.7. The van der Waals surface area contributed by atoms with Crippen LogP contribution in [0.4, 0.5) is 0 Å². The van der Waals surface area contributed by atoms with Gasteiger partial charge >= 0.3 is 8.26 Å². The summed E-state index contributed by atoms with van der Waals surface area (Å²) >= 11 is 0. The largest absolute Gasteiger partial charge is 0.317 e. The van der Waals surface area contributed by atoms with E-state index in [1.54, 1.807) is 36.4 Å². The van der Waals surface area contributed by atoms with Gasteiger partial charge in [-0.2, -0.15) is 8.42 Å². The number of hydrogen-bond donors (Lipinski definition) is 0. The van der Waals surface area contributed by atoms with Crippen molar-refractivity contribution in [3.05, 3.63) is 59.7 Å². The van der Waals surface area contributed by atoms with Crippen molar-refractivity contribution in [3.63, 3.8) is 0 Å². The van der Waals surface area contributed by atoms with Crippen molar-refractivity contribution in [3.8, 4) is 0 Å². The molecule has 0 spiro atoms. The topological polar surface area (TPSA) is 68.3 Å². The quantitative estimate of drug-likeness (QED) is 0.741. The van der Waals surface area contributed by atoms with Gasteiger partial charge in [-0.05, 0) is 37.6 Å². The number of rotatable bonds is 2. The summed E-state index contributed by atoms with van der Waals surface area (Å²) in [6, 6.07) is 13.9. The van der Waals surface area contributed by atoms with Gasteiger partial charge in [0, 0.05) is 21.4 Å². The predicted molar refractivity (Wildman–Crippen MR) is 88.4 cm³/mol. The van der Waals surface area contributed by atoms with Crippen molar-refractivity contribution >= 4 is 39.5 Å². The summed E-state index contributed by atoms with van der Waals surface area (Å²) in [6.45, 7) is 3.77. The summed E-state index contributed by atoms with van der Waals surface area (Å²) < 4.78 is 43.1. The summed E-state index contributed by atoms with van der Waals surface area (Å²) in [6.07, 6.45) is 0. The van der Waals surface area contributed by atoms with E-state index in [0.29, 0.717) is 9.79 Å². The Balaban J connectivity index is 0.000000422. The number of hydrogen-bond acceptors (Lipinski definition) is 4. The van der Waals surface area contributed by atoms with Gasteiger partial charge in [-0.15, -0.1) is 0 Å².